The summed E-state index contributed by atoms with van der Waals surface area (Å²) in [5.74, 6) is 0. The van der Waals surface area contributed by atoms with E-state index in [0.29, 0.717) is 11.2 Å². The van der Waals surface area contributed by atoms with Gasteiger partial charge < -0.3 is 4.98 Å². The van der Waals surface area contributed by atoms with Crippen LogP contribution < -0.4 is 0 Å². The normalized spacial score (nSPS) is 10.4. The fraction of sp³-hybridized carbons (Fsp3) is 0.111. The molecule has 0 aliphatic rings. The molecule has 2 aromatic rings. The van der Waals surface area contributed by atoms with Gasteiger partial charge in [0.05, 0.1) is 23.5 Å². The Hall–Kier alpha value is -0.860. The molecule has 3 nitrogen and oxygen atoms in total. The van der Waals surface area contributed by atoms with Crippen molar-refractivity contribution in [1.29, 1.82) is 5.26 Å². The van der Waals surface area contributed by atoms with Crippen LogP contribution in [0.5, 0.6) is 0 Å². The van der Waals surface area contributed by atoms with Crippen molar-refractivity contribution in [2.45, 2.75) is 6.42 Å². The standard InChI is InChI=1S/C9H5Br2N3/c10-6-4-8-7(13-9(11)14-8)3-5(6)1-2-12/h3-4H,1H2,(H,13,14). The molecule has 0 atom stereocenters. The Bertz CT molecular complexity index is 525. The van der Waals surface area contributed by atoms with Gasteiger partial charge in [0.25, 0.3) is 0 Å². The molecule has 0 saturated heterocycles. The summed E-state index contributed by atoms with van der Waals surface area (Å²) in [6.07, 6.45) is 0.396. The second-order valence-corrected chi connectivity index (χ2v) is 4.43. The van der Waals surface area contributed by atoms with Gasteiger partial charge in [0.2, 0.25) is 0 Å². The highest BCUT2D eigenvalue weighted by Gasteiger charge is 2.05. The molecule has 5 heteroatoms. The zero-order chi connectivity index (χ0) is 10.1. The molecule has 1 N–H and O–H groups in total. The van der Waals surface area contributed by atoms with E-state index in [1.165, 1.54) is 0 Å². The average molecular weight is 315 g/mol. The van der Waals surface area contributed by atoms with Crippen LogP contribution in [0.4, 0.5) is 0 Å². The first-order valence-electron chi connectivity index (χ1n) is 3.91. The largest absolute Gasteiger partial charge is 0.332 e. The Kier molecular flexibility index (Phi) is 2.57. The number of imidazole rings is 1. The maximum Gasteiger partial charge on any atom is 0.175 e. The third kappa shape index (κ3) is 1.68. The van der Waals surface area contributed by atoms with Crippen LogP contribution in [0, 0.1) is 11.3 Å². The molecule has 0 aliphatic heterocycles. The van der Waals surface area contributed by atoms with Gasteiger partial charge in [-0.3, -0.25) is 0 Å². The van der Waals surface area contributed by atoms with Crippen LogP contribution in [-0.2, 0) is 6.42 Å². The topological polar surface area (TPSA) is 52.5 Å². The van der Waals surface area contributed by atoms with Gasteiger partial charge in [-0.2, -0.15) is 5.26 Å². The molecule has 14 heavy (non-hydrogen) atoms. The van der Waals surface area contributed by atoms with E-state index in [2.05, 4.69) is 47.9 Å². The van der Waals surface area contributed by atoms with Crippen LogP contribution in [0.2, 0.25) is 0 Å². The molecule has 0 bridgehead atoms. The SMILES string of the molecule is N#CCc1cc2[nH]c(Br)nc2cc1Br. The highest BCUT2D eigenvalue weighted by Crippen LogP contribution is 2.24. The van der Waals surface area contributed by atoms with Crippen molar-refractivity contribution in [3.8, 4) is 6.07 Å². The lowest BCUT2D eigenvalue weighted by Gasteiger charge is -1.98. The molecule has 0 saturated carbocycles. The monoisotopic (exact) mass is 313 g/mol. The summed E-state index contributed by atoms with van der Waals surface area (Å²) in [7, 11) is 0. The highest BCUT2D eigenvalue weighted by atomic mass is 79.9. The molecular weight excluding hydrogens is 310 g/mol. The lowest BCUT2D eigenvalue weighted by molar-refractivity contribution is 1.25. The van der Waals surface area contributed by atoms with Gasteiger partial charge in [0.1, 0.15) is 0 Å². The summed E-state index contributed by atoms with van der Waals surface area (Å²) in [5.41, 5.74) is 2.78. The summed E-state index contributed by atoms with van der Waals surface area (Å²) in [6, 6.07) is 5.96. The molecule has 0 aliphatic carbocycles. The van der Waals surface area contributed by atoms with E-state index in [1.54, 1.807) is 0 Å². The highest BCUT2D eigenvalue weighted by molar-refractivity contribution is 9.10. The van der Waals surface area contributed by atoms with Crippen molar-refractivity contribution in [1.82, 2.24) is 9.97 Å². The van der Waals surface area contributed by atoms with Crippen molar-refractivity contribution >= 4 is 42.9 Å². The number of nitrogens with zero attached hydrogens (tertiary/aromatic N) is 2. The van der Waals surface area contributed by atoms with E-state index in [0.717, 1.165) is 21.1 Å². The molecule has 70 valence electrons. The van der Waals surface area contributed by atoms with Crippen molar-refractivity contribution in [3.63, 3.8) is 0 Å². The summed E-state index contributed by atoms with van der Waals surface area (Å²) in [5, 5.41) is 8.62. The zero-order valence-corrected chi connectivity index (χ0v) is 10.2. The van der Waals surface area contributed by atoms with Crippen LogP contribution in [0.15, 0.2) is 21.3 Å². The second kappa shape index (κ2) is 3.71. The zero-order valence-electron chi connectivity index (χ0n) is 7.01. The summed E-state index contributed by atoms with van der Waals surface area (Å²) >= 11 is 6.67. The Morgan fingerprint density at radius 1 is 1.43 bits per heavy atom. The number of aromatic nitrogens is 2. The number of hydrogen-bond donors (Lipinski definition) is 1. The lowest BCUT2D eigenvalue weighted by atomic mass is 10.1. The summed E-state index contributed by atoms with van der Waals surface area (Å²) in [4.78, 5) is 7.28. The van der Waals surface area contributed by atoms with Gasteiger partial charge in [-0.1, -0.05) is 15.9 Å². The van der Waals surface area contributed by atoms with Gasteiger partial charge >= 0.3 is 0 Å². The van der Waals surface area contributed by atoms with E-state index in [9.17, 15) is 0 Å². The molecule has 0 fully saturated rings. The van der Waals surface area contributed by atoms with E-state index in [4.69, 9.17) is 5.26 Å². The fourth-order valence-electron chi connectivity index (χ4n) is 1.27. The Labute approximate surface area is 97.4 Å². The Balaban J connectivity index is 2.65. The van der Waals surface area contributed by atoms with Gasteiger partial charge in [-0.05, 0) is 33.6 Å². The molecule has 1 heterocycles. The minimum atomic E-state index is 0.396. The summed E-state index contributed by atoms with van der Waals surface area (Å²) in [6.45, 7) is 0. The number of hydrogen-bond acceptors (Lipinski definition) is 2. The third-order valence-electron chi connectivity index (χ3n) is 1.89. The van der Waals surface area contributed by atoms with E-state index in [1.807, 2.05) is 12.1 Å². The van der Waals surface area contributed by atoms with Gasteiger partial charge in [-0.25, -0.2) is 4.98 Å². The van der Waals surface area contributed by atoms with E-state index < -0.39 is 0 Å². The molecule has 0 radical (unpaired) electrons. The Morgan fingerprint density at radius 2 is 2.21 bits per heavy atom. The van der Waals surface area contributed by atoms with Crippen molar-refractivity contribution in [3.05, 3.63) is 26.9 Å². The minimum absolute atomic E-state index is 0.396. The summed E-state index contributed by atoms with van der Waals surface area (Å²) < 4.78 is 1.62. The molecule has 1 aromatic heterocycles. The molecule has 2 rings (SSSR count). The number of nitriles is 1. The number of H-pyrrole nitrogens is 1. The predicted molar refractivity (Wildman–Crippen MR) is 60.8 cm³/mol. The number of nitrogens with one attached hydrogen (secondary N) is 1. The number of aromatic amines is 1. The van der Waals surface area contributed by atoms with Crippen LogP contribution in [-0.4, -0.2) is 9.97 Å². The van der Waals surface area contributed by atoms with Crippen molar-refractivity contribution in [2.75, 3.05) is 0 Å². The minimum Gasteiger partial charge on any atom is -0.332 e. The van der Waals surface area contributed by atoms with E-state index in [-0.39, 0.29) is 0 Å². The van der Waals surface area contributed by atoms with Crippen molar-refractivity contribution < 1.29 is 0 Å². The third-order valence-corrected chi connectivity index (χ3v) is 3.00. The van der Waals surface area contributed by atoms with Crippen LogP contribution >= 0.6 is 31.9 Å². The number of benzene rings is 1. The first-order valence-corrected chi connectivity index (χ1v) is 5.50. The number of rotatable bonds is 1. The van der Waals surface area contributed by atoms with E-state index >= 15 is 0 Å². The van der Waals surface area contributed by atoms with Gasteiger partial charge in [0, 0.05) is 4.47 Å². The maximum atomic E-state index is 8.62. The first-order chi connectivity index (χ1) is 6.70. The average Bonchev–Trinajstić information content (AvgIpc) is 2.45. The predicted octanol–water partition coefficient (Wildman–Crippen LogP) is 3.15. The number of halogens is 2. The van der Waals surface area contributed by atoms with Crippen molar-refractivity contribution in [2.24, 2.45) is 0 Å². The molecular formula is C9H5Br2N3. The second-order valence-electron chi connectivity index (χ2n) is 2.82. The molecule has 0 spiro atoms. The lowest BCUT2D eigenvalue weighted by Crippen LogP contribution is -1.84. The quantitative estimate of drug-likeness (QED) is 0.879. The van der Waals surface area contributed by atoms with Gasteiger partial charge in [0.15, 0.2) is 4.73 Å². The molecule has 0 unspecified atom stereocenters. The van der Waals surface area contributed by atoms with Crippen LogP contribution in [0.25, 0.3) is 11.0 Å². The van der Waals surface area contributed by atoms with Crippen LogP contribution in [0.1, 0.15) is 5.56 Å². The molecule has 1 aromatic carbocycles. The maximum absolute atomic E-state index is 8.62. The van der Waals surface area contributed by atoms with Crippen LogP contribution in [0.3, 0.4) is 0 Å². The Morgan fingerprint density at radius 3 is 2.93 bits per heavy atom. The fourth-order valence-corrected chi connectivity index (χ4v) is 2.14. The van der Waals surface area contributed by atoms with Gasteiger partial charge in [-0.15, -0.1) is 0 Å². The smallest absolute Gasteiger partial charge is 0.175 e. The molecule has 0 amide bonds. The number of fused-ring (bicyclic) bond motifs is 1. The first kappa shape index (κ1) is 9.69.